The fourth-order valence-corrected chi connectivity index (χ4v) is 3.30. The van der Waals surface area contributed by atoms with Gasteiger partial charge in [0, 0.05) is 23.8 Å². The van der Waals surface area contributed by atoms with Crippen molar-refractivity contribution in [2.75, 3.05) is 12.3 Å². The SMILES string of the molecule is CC(C)(C)c1csc(CN2CC(CS)CC2=O)n1. The highest BCUT2D eigenvalue weighted by Crippen LogP contribution is 2.26. The fraction of sp³-hybridized carbons (Fsp3) is 0.692. The normalized spacial score (nSPS) is 20.8. The molecule has 2 heterocycles. The van der Waals surface area contributed by atoms with Crippen LogP contribution in [0.15, 0.2) is 5.38 Å². The first-order valence-electron chi connectivity index (χ1n) is 6.23. The Morgan fingerprint density at radius 1 is 1.56 bits per heavy atom. The van der Waals surface area contributed by atoms with Gasteiger partial charge in [-0.1, -0.05) is 20.8 Å². The van der Waals surface area contributed by atoms with Crippen LogP contribution in [0.5, 0.6) is 0 Å². The van der Waals surface area contributed by atoms with E-state index < -0.39 is 0 Å². The number of rotatable bonds is 3. The number of carbonyl (C=O) groups is 1. The number of likely N-dealkylation sites (tertiary alicyclic amines) is 1. The Morgan fingerprint density at radius 3 is 2.78 bits per heavy atom. The Bertz CT molecular complexity index is 436. The molecule has 0 bridgehead atoms. The Kier molecular flexibility index (Phi) is 4.02. The van der Waals surface area contributed by atoms with Gasteiger partial charge in [0.25, 0.3) is 0 Å². The number of nitrogens with zero attached hydrogens (tertiary/aromatic N) is 2. The molecule has 0 N–H and O–H groups in total. The molecule has 0 spiro atoms. The highest BCUT2D eigenvalue weighted by molar-refractivity contribution is 7.80. The van der Waals surface area contributed by atoms with Gasteiger partial charge < -0.3 is 4.90 Å². The van der Waals surface area contributed by atoms with Crippen molar-refractivity contribution >= 4 is 29.9 Å². The second kappa shape index (κ2) is 5.21. The zero-order chi connectivity index (χ0) is 13.3. The highest BCUT2D eigenvalue weighted by Gasteiger charge is 2.29. The number of hydrogen-bond acceptors (Lipinski definition) is 4. The Hall–Kier alpha value is -0.550. The third-order valence-corrected chi connectivity index (χ3v) is 4.55. The molecule has 1 unspecified atom stereocenters. The van der Waals surface area contributed by atoms with E-state index in [-0.39, 0.29) is 11.3 Å². The van der Waals surface area contributed by atoms with Crippen molar-refractivity contribution in [1.82, 2.24) is 9.88 Å². The molecule has 1 aliphatic rings. The topological polar surface area (TPSA) is 33.2 Å². The van der Waals surface area contributed by atoms with E-state index in [1.54, 1.807) is 11.3 Å². The van der Waals surface area contributed by atoms with Gasteiger partial charge in [0.05, 0.1) is 12.2 Å². The van der Waals surface area contributed by atoms with Gasteiger partial charge in [-0.3, -0.25) is 4.79 Å². The summed E-state index contributed by atoms with van der Waals surface area (Å²) >= 11 is 5.92. The third-order valence-electron chi connectivity index (χ3n) is 3.20. The number of thiol groups is 1. The molecule has 3 nitrogen and oxygen atoms in total. The molecule has 1 aliphatic heterocycles. The molecule has 0 saturated carbocycles. The summed E-state index contributed by atoms with van der Waals surface area (Å²) in [6, 6.07) is 0. The fourth-order valence-electron chi connectivity index (χ4n) is 2.02. The van der Waals surface area contributed by atoms with Gasteiger partial charge in [0.2, 0.25) is 5.91 Å². The Labute approximate surface area is 118 Å². The van der Waals surface area contributed by atoms with Crippen molar-refractivity contribution in [3.8, 4) is 0 Å². The van der Waals surface area contributed by atoms with E-state index in [9.17, 15) is 4.79 Å². The predicted octanol–water partition coefficient (Wildman–Crippen LogP) is 2.72. The van der Waals surface area contributed by atoms with Gasteiger partial charge in [-0.2, -0.15) is 12.6 Å². The number of amides is 1. The molecule has 100 valence electrons. The monoisotopic (exact) mass is 284 g/mol. The van der Waals surface area contributed by atoms with Crippen LogP contribution in [0.1, 0.15) is 37.9 Å². The van der Waals surface area contributed by atoms with Crippen LogP contribution >= 0.6 is 24.0 Å². The maximum atomic E-state index is 11.8. The van der Waals surface area contributed by atoms with Gasteiger partial charge in [-0.25, -0.2) is 4.98 Å². The van der Waals surface area contributed by atoms with Gasteiger partial charge >= 0.3 is 0 Å². The van der Waals surface area contributed by atoms with Crippen LogP contribution in [0.3, 0.4) is 0 Å². The van der Waals surface area contributed by atoms with Crippen LogP contribution in [0.4, 0.5) is 0 Å². The Morgan fingerprint density at radius 2 is 2.28 bits per heavy atom. The zero-order valence-corrected chi connectivity index (χ0v) is 12.9. The lowest BCUT2D eigenvalue weighted by Crippen LogP contribution is -2.24. The smallest absolute Gasteiger partial charge is 0.223 e. The van der Waals surface area contributed by atoms with Crippen molar-refractivity contribution in [1.29, 1.82) is 0 Å². The summed E-state index contributed by atoms with van der Waals surface area (Å²) in [7, 11) is 0. The van der Waals surface area contributed by atoms with Crippen LogP contribution < -0.4 is 0 Å². The summed E-state index contributed by atoms with van der Waals surface area (Å²) in [6.07, 6.45) is 0.640. The molecule has 5 heteroatoms. The molecule has 1 amide bonds. The van der Waals surface area contributed by atoms with E-state index in [4.69, 9.17) is 0 Å². The summed E-state index contributed by atoms with van der Waals surface area (Å²) < 4.78 is 0. The van der Waals surface area contributed by atoms with Crippen LogP contribution in [0.2, 0.25) is 0 Å². The quantitative estimate of drug-likeness (QED) is 0.866. The van der Waals surface area contributed by atoms with Crippen molar-refractivity contribution in [2.24, 2.45) is 5.92 Å². The highest BCUT2D eigenvalue weighted by atomic mass is 32.1. The standard InChI is InChI=1S/C13H20N2OS2/c1-13(2,3)10-8-18-11(14-10)6-15-5-9(7-17)4-12(15)16/h8-9,17H,4-7H2,1-3H3. The summed E-state index contributed by atoms with van der Waals surface area (Å²) in [5.74, 6) is 1.43. The molecule has 1 aromatic rings. The lowest BCUT2D eigenvalue weighted by atomic mass is 9.93. The maximum Gasteiger partial charge on any atom is 0.223 e. The number of aromatic nitrogens is 1. The van der Waals surface area contributed by atoms with E-state index in [1.807, 2.05) is 4.90 Å². The maximum absolute atomic E-state index is 11.8. The first kappa shape index (κ1) is 13.9. The second-order valence-corrected chi connectivity index (χ2v) is 7.21. The van der Waals surface area contributed by atoms with Gasteiger partial charge in [0.1, 0.15) is 5.01 Å². The number of hydrogen-bond donors (Lipinski definition) is 1. The molecule has 18 heavy (non-hydrogen) atoms. The largest absolute Gasteiger partial charge is 0.336 e. The minimum atomic E-state index is 0.0808. The first-order valence-corrected chi connectivity index (χ1v) is 7.75. The van der Waals surface area contributed by atoms with E-state index in [0.29, 0.717) is 18.9 Å². The summed E-state index contributed by atoms with van der Waals surface area (Å²) in [5, 5.41) is 3.14. The van der Waals surface area contributed by atoms with Crippen molar-refractivity contribution in [3.63, 3.8) is 0 Å². The molecule has 0 aromatic carbocycles. The average Bonchev–Trinajstić information content (AvgIpc) is 2.86. The summed E-state index contributed by atoms with van der Waals surface area (Å²) in [4.78, 5) is 18.4. The van der Waals surface area contributed by atoms with Gasteiger partial charge in [0.15, 0.2) is 0 Å². The molecule has 1 aromatic heterocycles. The number of carbonyl (C=O) groups excluding carboxylic acids is 1. The van der Waals surface area contributed by atoms with Crippen molar-refractivity contribution < 1.29 is 4.79 Å². The molecule has 1 fully saturated rings. The summed E-state index contributed by atoms with van der Waals surface area (Å²) in [6.45, 7) is 7.95. The molecule has 1 saturated heterocycles. The molecule has 2 rings (SSSR count). The lowest BCUT2D eigenvalue weighted by Gasteiger charge is -2.16. The molecule has 0 aliphatic carbocycles. The van der Waals surface area contributed by atoms with Crippen LogP contribution in [-0.2, 0) is 16.8 Å². The number of thiazole rings is 1. The van der Waals surface area contributed by atoms with E-state index in [1.165, 1.54) is 0 Å². The van der Waals surface area contributed by atoms with Crippen LogP contribution in [0, 0.1) is 5.92 Å². The summed E-state index contributed by atoms with van der Waals surface area (Å²) in [5.41, 5.74) is 1.19. The molecule has 0 radical (unpaired) electrons. The zero-order valence-electron chi connectivity index (χ0n) is 11.1. The third kappa shape index (κ3) is 3.06. The second-order valence-electron chi connectivity index (χ2n) is 5.90. The minimum absolute atomic E-state index is 0.0808. The van der Waals surface area contributed by atoms with Gasteiger partial charge in [-0.15, -0.1) is 11.3 Å². The van der Waals surface area contributed by atoms with E-state index in [2.05, 4.69) is 43.8 Å². The Balaban J connectivity index is 2.02. The first-order chi connectivity index (χ1) is 8.40. The van der Waals surface area contributed by atoms with E-state index >= 15 is 0 Å². The molecular weight excluding hydrogens is 264 g/mol. The van der Waals surface area contributed by atoms with E-state index in [0.717, 1.165) is 23.0 Å². The molecule has 1 atom stereocenters. The van der Waals surface area contributed by atoms with Crippen molar-refractivity contribution in [3.05, 3.63) is 16.1 Å². The minimum Gasteiger partial charge on any atom is -0.336 e. The average molecular weight is 284 g/mol. The molecular formula is C13H20N2OS2. The predicted molar refractivity (Wildman–Crippen MR) is 78.2 cm³/mol. The van der Waals surface area contributed by atoms with Crippen molar-refractivity contribution in [2.45, 2.75) is 39.2 Å². The lowest BCUT2D eigenvalue weighted by molar-refractivity contribution is -0.128. The van der Waals surface area contributed by atoms with Crippen LogP contribution in [0.25, 0.3) is 0 Å². The van der Waals surface area contributed by atoms with Gasteiger partial charge in [-0.05, 0) is 11.7 Å². The van der Waals surface area contributed by atoms with Crippen LogP contribution in [-0.4, -0.2) is 28.1 Å².